The highest BCUT2D eigenvalue weighted by molar-refractivity contribution is 5.89. The van der Waals surface area contributed by atoms with Gasteiger partial charge in [-0.2, -0.15) is 0 Å². The van der Waals surface area contributed by atoms with Crippen LogP contribution >= 0.6 is 0 Å². The van der Waals surface area contributed by atoms with E-state index in [1.807, 2.05) is 0 Å². The third kappa shape index (κ3) is 3.61. The van der Waals surface area contributed by atoms with Crippen LogP contribution in [0.4, 0.5) is 10.5 Å². The second-order valence-electron chi connectivity index (χ2n) is 3.66. The molecular weight excluding hydrogens is 206 g/mol. The molecule has 3 N–H and O–H groups in total. The van der Waals surface area contributed by atoms with Crippen LogP contribution in [0.25, 0.3) is 0 Å². The smallest absolute Gasteiger partial charge is 0.321 e. The van der Waals surface area contributed by atoms with Crippen LogP contribution in [0.2, 0.25) is 0 Å². The third-order valence-corrected chi connectivity index (χ3v) is 1.99. The average molecular weight is 221 g/mol. The number of rotatable bonds is 3. The molecule has 0 aliphatic rings. The zero-order valence-electron chi connectivity index (χ0n) is 9.36. The molecule has 1 aromatic rings. The maximum atomic E-state index is 11.3. The zero-order valence-corrected chi connectivity index (χ0v) is 9.36. The third-order valence-electron chi connectivity index (χ3n) is 1.99. The Morgan fingerprint density at radius 1 is 1.25 bits per heavy atom. The van der Waals surface area contributed by atoms with Gasteiger partial charge in [0.25, 0.3) is 0 Å². The molecule has 86 valence electrons. The van der Waals surface area contributed by atoms with E-state index in [0.29, 0.717) is 5.69 Å². The van der Waals surface area contributed by atoms with E-state index in [9.17, 15) is 9.59 Å². The van der Waals surface area contributed by atoms with Gasteiger partial charge in [0.2, 0.25) is 5.91 Å². The van der Waals surface area contributed by atoms with Crippen molar-refractivity contribution in [3.63, 3.8) is 0 Å². The Kier molecular flexibility index (Phi) is 3.88. The zero-order chi connectivity index (χ0) is 12.1. The lowest BCUT2D eigenvalue weighted by molar-refractivity contribution is -0.117. The number of hydrogen-bond acceptors (Lipinski definition) is 2. The number of anilines is 1. The number of carbonyl (C=O) groups is 2. The van der Waals surface area contributed by atoms with Gasteiger partial charge < -0.3 is 16.0 Å². The topological polar surface area (TPSA) is 75.4 Å². The molecule has 0 unspecified atom stereocenters. The van der Waals surface area contributed by atoms with Gasteiger partial charge >= 0.3 is 6.03 Å². The molecule has 1 rings (SSSR count). The van der Waals surface area contributed by atoms with Crippen molar-refractivity contribution < 1.29 is 9.59 Å². The summed E-state index contributed by atoms with van der Waals surface area (Å²) in [5.41, 5.74) is 6.58. The fourth-order valence-corrected chi connectivity index (χ4v) is 1.14. The first-order chi connectivity index (χ1) is 7.49. The second kappa shape index (κ2) is 5.16. The molecule has 0 heterocycles. The van der Waals surface area contributed by atoms with Gasteiger partial charge in [-0.1, -0.05) is 12.1 Å². The summed E-state index contributed by atoms with van der Waals surface area (Å²) in [5.74, 6) is -0.370. The molecule has 0 saturated heterocycles. The Bertz CT molecular complexity index is 385. The minimum absolute atomic E-state index is 0.192. The predicted octanol–water partition coefficient (Wildman–Crippen LogP) is 0.808. The number of nitrogens with two attached hydrogens (primary N) is 1. The molecule has 0 saturated carbocycles. The average Bonchev–Trinajstić information content (AvgIpc) is 2.20. The molecule has 0 aliphatic heterocycles. The molecular formula is C11H15N3O2. The number of hydrogen-bond donors (Lipinski definition) is 2. The lowest BCUT2D eigenvalue weighted by Crippen LogP contribution is -2.27. The minimum Gasteiger partial charge on any atom is -0.369 e. The summed E-state index contributed by atoms with van der Waals surface area (Å²) in [5, 5.41) is 2.69. The molecule has 1 aromatic carbocycles. The molecule has 0 fully saturated rings. The largest absolute Gasteiger partial charge is 0.369 e. The highest BCUT2D eigenvalue weighted by Crippen LogP contribution is 2.10. The first-order valence-electron chi connectivity index (χ1n) is 4.84. The molecule has 0 aromatic heterocycles. The van der Waals surface area contributed by atoms with Crippen LogP contribution in [-0.2, 0) is 11.2 Å². The van der Waals surface area contributed by atoms with Crippen LogP contribution in [0.3, 0.4) is 0 Å². The van der Waals surface area contributed by atoms with Crippen molar-refractivity contribution in [2.45, 2.75) is 6.42 Å². The van der Waals surface area contributed by atoms with Crippen molar-refractivity contribution in [1.29, 1.82) is 0 Å². The Balaban J connectivity index is 2.64. The number of benzene rings is 1. The number of carbonyl (C=O) groups excluding carboxylic acids is 2. The first kappa shape index (κ1) is 12.0. The van der Waals surface area contributed by atoms with Gasteiger partial charge in [-0.25, -0.2) is 4.79 Å². The van der Waals surface area contributed by atoms with Crippen LogP contribution in [0.15, 0.2) is 24.3 Å². The maximum Gasteiger partial charge on any atom is 0.321 e. The van der Waals surface area contributed by atoms with Gasteiger partial charge in [0, 0.05) is 19.8 Å². The quantitative estimate of drug-likeness (QED) is 0.792. The summed E-state index contributed by atoms with van der Waals surface area (Å²) >= 11 is 0. The van der Waals surface area contributed by atoms with E-state index in [0.717, 1.165) is 5.56 Å². The molecule has 0 atom stereocenters. The highest BCUT2D eigenvalue weighted by Gasteiger charge is 2.04. The van der Waals surface area contributed by atoms with Crippen molar-refractivity contribution in [3.8, 4) is 0 Å². The van der Waals surface area contributed by atoms with E-state index in [-0.39, 0.29) is 18.4 Å². The standard InChI is InChI=1S/C11H15N3O2/c1-14(2)11(16)13-9-5-3-8(4-6-9)7-10(12)15/h3-6H,7H2,1-2H3,(H2,12,15)(H,13,16). The van der Waals surface area contributed by atoms with Gasteiger partial charge in [-0.3, -0.25) is 4.79 Å². The number of nitrogens with one attached hydrogen (secondary N) is 1. The van der Waals surface area contributed by atoms with Crippen LogP contribution < -0.4 is 11.1 Å². The van der Waals surface area contributed by atoms with E-state index in [4.69, 9.17) is 5.73 Å². The van der Waals surface area contributed by atoms with Gasteiger partial charge in [0.05, 0.1) is 6.42 Å². The molecule has 5 nitrogen and oxygen atoms in total. The minimum atomic E-state index is -0.370. The molecule has 0 spiro atoms. The number of nitrogens with zero attached hydrogens (tertiary/aromatic N) is 1. The van der Waals surface area contributed by atoms with Crippen LogP contribution in [0.1, 0.15) is 5.56 Å². The fraction of sp³-hybridized carbons (Fsp3) is 0.273. The van der Waals surface area contributed by atoms with Crippen molar-refractivity contribution >= 4 is 17.6 Å². The fourth-order valence-electron chi connectivity index (χ4n) is 1.14. The van der Waals surface area contributed by atoms with Crippen molar-refractivity contribution in [2.24, 2.45) is 5.73 Å². The lowest BCUT2D eigenvalue weighted by atomic mass is 10.1. The van der Waals surface area contributed by atoms with Crippen molar-refractivity contribution in [2.75, 3.05) is 19.4 Å². The normalized spacial score (nSPS) is 9.62. The summed E-state index contributed by atoms with van der Waals surface area (Å²) in [6, 6.07) is 6.80. The van der Waals surface area contributed by atoms with Gasteiger partial charge in [0.15, 0.2) is 0 Å². The SMILES string of the molecule is CN(C)C(=O)Nc1ccc(CC(N)=O)cc1. The van der Waals surface area contributed by atoms with Crippen LogP contribution in [0, 0.1) is 0 Å². The highest BCUT2D eigenvalue weighted by atomic mass is 16.2. The molecule has 0 aliphatic carbocycles. The summed E-state index contributed by atoms with van der Waals surface area (Å²) in [6.45, 7) is 0. The number of urea groups is 1. The first-order valence-corrected chi connectivity index (χ1v) is 4.84. The van der Waals surface area contributed by atoms with Crippen LogP contribution in [0.5, 0.6) is 0 Å². The number of amides is 3. The summed E-state index contributed by atoms with van der Waals surface area (Å²) < 4.78 is 0. The monoisotopic (exact) mass is 221 g/mol. The van der Waals surface area contributed by atoms with E-state index < -0.39 is 0 Å². The summed E-state index contributed by atoms with van der Waals surface area (Å²) in [6.07, 6.45) is 0.210. The van der Waals surface area contributed by atoms with Crippen molar-refractivity contribution in [1.82, 2.24) is 4.90 Å². The second-order valence-corrected chi connectivity index (χ2v) is 3.66. The Morgan fingerprint density at radius 3 is 2.25 bits per heavy atom. The molecule has 16 heavy (non-hydrogen) atoms. The van der Waals surface area contributed by atoms with E-state index in [2.05, 4.69) is 5.32 Å². The Morgan fingerprint density at radius 2 is 1.81 bits per heavy atom. The molecule has 3 amide bonds. The van der Waals surface area contributed by atoms with Gasteiger partial charge in [0.1, 0.15) is 0 Å². The summed E-state index contributed by atoms with van der Waals surface area (Å²) in [4.78, 5) is 23.4. The lowest BCUT2D eigenvalue weighted by Gasteiger charge is -2.12. The molecule has 0 radical (unpaired) electrons. The maximum absolute atomic E-state index is 11.3. The van der Waals surface area contributed by atoms with Crippen molar-refractivity contribution in [3.05, 3.63) is 29.8 Å². The Labute approximate surface area is 94.2 Å². The van der Waals surface area contributed by atoms with Crippen LogP contribution in [-0.4, -0.2) is 30.9 Å². The van der Waals surface area contributed by atoms with E-state index in [1.54, 1.807) is 38.4 Å². The Hall–Kier alpha value is -2.04. The number of primary amides is 1. The molecule has 0 bridgehead atoms. The summed E-state index contributed by atoms with van der Waals surface area (Å²) in [7, 11) is 3.33. The van der Waals surface area contributed by atoms with Gasteiger partial charge in [-0.05, 0) is 17.7 Å². The van der Waals surface area contributed by atoms with E-state index >= 15 is 0 Å². The predicted molar refractivity (Wildman–Crippen MR) is 62.0 cm³/mol. The van der Waals surface area contributed by atoms with E-state index in [1.165, 1.54) is 4.90 Å². The molecule has 5 heteroatoms. The van der Waals surface area contributed by atoms with Gasteiger partial charge in [-0.15, -0.1) is 0 Å².